The van der Waals surface area contributed by atoms with Crippen LogP contribution in [0.2, 0.25) is 0 Å². The van der Waals surface area contributed by atoms with Gasteiger partial charge in [0, 0.05) is 26.1 Å². The molecule has 1 heterocycles. The maximum absolute atomic E-state index is 13.6. The fraction of sp³-hybridized carbons (Fsp3) is 0.758. The van der Waals surface area contributed by atoms with E-state index in [0.29, 0.717) is 43.5 Å². The van der Waals surface area contributed by atoms with Crippen molar-refractivity contribution in [1.82, 2.24) is 4.90 Å². The number of hydrogen-bond acceptors (Lipinski definition) is 7. The first-order chi connectivity index (χ1) is 19.1. The van der Waals surface area contributed by atoms with Gasteiger partial charge in [0.05, 0.1) is 25.9 Å². The van der Waals surface area contributed by atoms with E-state index in [-0.39, 0.29) is 36.0 Å². The molecular formula is C33H55NO7. The minimum Gasteiger partial charge on any atom is -0.493 e. The number of hydrogen-bond donors (Lipinski definition) is 0. The average Bonchev–Trinajstić information content (AvgIpc) is 3.12. The van der Waals surface area contributed by atoms with E-state index in [1.807, 2.05) is 40.7 Å². The molecule has 1 aromatic carbocycles. The van der Waals surface area contributed by atoms with E-state index in [0.717, 1.165) is 24.7 Å². The van der Waals surface area contributed by atoms with Crippen molar-refractivity contribution >= 4 is 12.4 Å². The third-order valence-electron chi connectivity index (χ3n) is 7.87. The second-order valence-corrected chi connectivity index (χ2v) is 13.4. The Labute approximate surface area is 248 Å². The molecule has 234 valence electrons. The highest BCUT2D eigenvalue weighted by atomic mass is 16.6. The first-order valence-electron chi connectivity index (χ1n) is 15.1. The monoisotopic (exact) mass is 577 g/mol. The Morgan fingerprint density at radius 3 is 2.27 bits per heavy atom. The van der Waals surface area contributed by atoms with Gasteiger partial charge in [0.2, 0.25) is 0 Å². The number of carbonyl (C=O) groups is 2. The predicted octanol–water partition coefficient (Wildman–Crippen LogP) is 6.92. The lowest BCUT2D eigenvalue weighted by Gasteiger charge is -2.37. The molecule has 1 fully saturated rings. The molecule has 8 nitrogen and oxygen atoms in total. The van der Waals surface area contributed by atoms with Gasteiger partial charge in [0.15, 0.2) is 11.5 Å². The van der Waals surface area contributed by atoms with Crippen LogP contribution in [0.25, 0.3) is 0 Å². The van der Waals surface area contributed by atoms with Crippen LogP contribution in [-0.2, 0) is 25.4 Å². The van der Waals surface area contributed by atoms with Crippen LogP contribution in [0, 0.1) is 23.7 Å². The summed E-state index contributed by atoms with van der Waals surface area (Å²) in [6, 6.07) is 5.85. The van der Waals surface area contributed by atoms with Gasteiger partial charge in [0.25, 0.3) is 0 Å². The molecule has 0 unspecified atom stereocenters. The summed E-state index contributed by atoms with van der Waals surface area (Å²) in [5.41, 5.74) is -0.371. The third kappa shape index (κ3) is 10.2. The van der Waals surface area contributed by atoms with Crippen molar-refractivity contribution in [3.05, 3.63) is 23.8 Å². The summed E-state index contributed by atoms with van der Waals surface area (Å²) < 4.78 is 29.1. The number of rotatable bonds is 15. The van der Waals surface area contributed by atoms with E-state index in [4.69, 9.17) is 23.7 Å². The van der Waals surface area contributed by atoms with Crippen molar-refractivity contribution in [2.45, 2.75) is 111 Å². The molecule has 2 rings (SSSR count). The van der Waals surface area contributed by atoms with Crippen molar-refractivity contribution < 1.29 is 33.3 Å². The van der Waals surface area contributed by atoms with E-state index < -0.39 is 11.3 Å². The van der Waals surface area contributed by atoms with E-state index in [1.165, 1.54) is 0 Å². The normalized spacial score (nSPS) is 20.3. The average molecular weight is 578 g/mol. The summed E-state index contributed by atoms with van der Waals surface area (Å²) in [6.45, 7) is 19.1. The van der Waals surface area contributed by atoms with E-state index in [2.05, 4.69) is 39.8 Å². The summed E-state index contributed by atoms with van der Waals surface area (Å²) in [7, 11) is 3.32. The molecule has 0 spiro atoms. The zero-order valence-electron chi connectivity index (χ0n) is 27.3. The van der Waals surface area contributed by atoms with Crippen LogP contribution in [-0.4, -0.2) is 68.2 Å². The molecule has 8 heteroatoms. The van der Waals surface area contributed by atoms with Gasteiger partial charge >= 0.3 is 6.09 Å². The van der Waals surface area contributed by atoms with Crippen LogP contribution in [0.5, 0.6) is 11.5 Å². The minimum atomic E-state index is -0.868. The molecule has 0 aliphatic carbocycles. The molecule has 1 aliphatic rings. The number of methoxy groups -OCH3 is 2. The van der Waals surface area contributed by atoms with Crippen molar-refractivity contribution in [1.29, 1.82) is 0 Å². The van der Waals surface area contributed by atoms with Gasteiger partial charge < -0.3 is 28.5 Å². The van der Waals surface area contributed by atoms with Crippen LogP contribution in [0.1, 0.15) is 87.1 Å². The summed E-state index contributed by atoms with van der Waals surface area (Å²) in [5, 5.41) is 0. The lowest BCUT2D eigenvalue weighted by Crippen LogP contribution is -2.51. The van der Waals surface area contributed by atoms with E-state index >= 15 is 0 Å². The zero-order valence-corrected chi connectivity index (χ0v) is 27.3. The fourth-order valence-corrected chi connectivity index (χ4v) is 5.50. The Hall–Kier alpha value is -2.32. The highest BCUT2D eigenvalue weighted by Crippen LogP contribution is 2.41. The lowest BCUT2D eigenvalue weighted by atomic mass is 9.80. The van der Waals surface area contributed by atoms with Gasteiger partial charge in [-0.05, 0) is 89.3 Å². The second kappa shape index (κ2) is 15.2. The van der Waals surface area contributed by atoms with Crippen molar-refractivity contribution in [2.75, 3.05) is 27.4 Å². The van der Waals surface area contributed by atoms with Gasteiger partial charge in [-0.2, -0.15) is 0 Å². The molecule has 0 bridgehead atoms. The summed E-state index contributed by atoms with van der Waals surface area (Å²) in [4.78, 5) is 27.4. The number of aldehydes is 1. The molecule has 1 aromatic rings. The SMILES string of the molecule is COCCCOc1cc(C[C@@H](C[C@H]2[C@H](C[C@H](C=O)C(C)C)OC(C)(C)N2C(=O)OC(C)(C)C)C(C)C)ccc1OC. The number of ether oxygens (including phenoxy) is 5. The molecule has 41 heavy (non-hydrogen) atoms. The summed E-state index contributed by atoms with van der Waals surface area (Å²) >= 11 is 0. The molecule has 0 saturated carbocycles. The Balaban J connectivity index is 2.39. The molecule has 0 aromatic heterocycles. The molecule has 0 N–H and O–H groups in total. The predicted molar refractivity (Wildman–Crippen MR) is 161 cm³/mol. The Kier molecular flexibility index (Phi) is 13.0. The van der Waals surface area contributed by atoms with Gasteiger partial charge in [-0.1, -0.05) is 33.8 Å². The molecule has 1 amide bonds. The van der Waals surface area contributed by atoms with Crippen LogP contribution in [0.15, 0.2) is 18.2 Å². The number of amides is 1. The minimum absolute atomic E-state index is 0.159. The lowest BCUT2D eigenvalue weighted by molar-refractivity contribution is -0.115. The maximum atomic E-state index is 13.6. The van der Waals surface area contributed by atoms with Gasteiger partial charge in [0.1, 0.15) is 17.6 Å². The third-order valence-corrected chi connectivity index (χ3v) is 7.87. The molecule has 4 atom stereocenters. The Bertz CT molecular complexity index is 969. The summed E-state index contributed by atoms with van der Waals surface area (Å²) in [6.07, 6.45) is 3.21. The van der Waals surface area contributed by atoms with Crippen LogP contribution in [0.4, 0.5) is 4.79 Å². The second-order valence-electron chi connectivity index (χ2n) is 13.4. The van der Waals surface area contributed by atoms with Crippen molar-refractivity contribution in [2.24, 2.45) is 23.7 Å². The standard InChI is InChI=1S/C33H55NO7/c1-22(2)25(17-24-13-14-28(38-11)30(18-24)39-16-12-15-37-10)19-27-29(20-26(21-35)23(3)4)40-33(8,9)34(27)31(36)41-32(5,6)7/h13-14,18,21-23,25-27,29H,12,15-17,19-20H2,1-11H3/t25-,26+,27-,29-/m0/s1. The quantitative estimate of drug-likeness (QED) is 0.165. The number of carbonyl (C=O) groups excluding carboxylic acids is 2. The summed E-state index contributed by atoms with van der Waals surface area (Å²) in [5.74, 6) is 2.00. The van der Waals surface area contributed by atoms with Gasteiger partial charge in [-0.3, -0.25) is 4.90 Å². The van der Waals surface area contributed by atoms with Crippen LogP contribution in [0.3, 0.4) is 0 Å². The van der Waals surface area contributed by atoms with Crippen molar-refractivity contribution in [3.8, 4) is 11.5 Å². The highest BCUT2D eigenvalue weighted by Gasteiger charge is 2.52. The largest absolute Gasteiger partial charge is 0.493 e. The highest BCUT2D eigenvalue weighted by molar-refractivity contribution is 5.70. The molecule has 1 saturated heterocycles. The molecule has 0 radical (unpaired) electrons. The Morgan fingerprint density at radius 2 is 1.73 bits per heavy atom. The molecule has 1 aliphatic heterocycles. The smallest absolute Gasteiger partial charge is 0.412 e. The first-order valence-corrected chi connectivity index (χ1v) is 15.1. The maximum Gasteiger partial charge on any atom is 0.412 e. The van der Waals surface area contributed by atoms with Crippen LogP contribution >= 0.6 is 0 Å². The first kappa shape index (κ1) is 34.9. The molecular weight excluding hydrogens is 522 g/mol. The number of benzene rings is 1. The van der Waals surface area contributed by atoms with E-state index in [1.54, 1.807) is 19.1 Å². The topological polar surface area (TPSA) is 83.5 Å². The van der Waals surface area contributed by atoms with Crippen LogP contribution < -0.4 is 9.47 Å². The fourth-order valence-electron chi connectivity index (χ4n) is 5.50. The zero-order chi connectivity index (χ0) is 31.0. The number of nitrogens with zero attached hydrogens (tertiary/aromatic N) is 1. The van der Waals surface area contributed by atoms with E-state index in [9.17, 15) is 9.59 Å². The van der Waals surface area contributed by atoms with Gasteiger partial charge in [-0.15, -0.1) is 0 Å². The Morgan fingerprint density at radius 1 is 1.05 bits per heavy atom. The van der Waals surface area contributed by atoms with Crippen molar-refractivity contribution in [3.63, 3.8) is 0 Å². The van der Waals surface area contributed by atoms with Gasteiger partial charge in [-0.25, -0.2) is 4.79 Å².